The van der Waals surface area contributed by atoms with Crippen LogP contribution in [0.25, 0.3) is 11.0 Å². The summed E-state index contributed by atoms with van der Waals surface area (Å²) in [6.07, 6.45) is 6.77. The van der Waals surface area contributed by atoms with Crippen LogP contribution in [0, 0.1) is 0 Å². The Morgan fingerprint density at radius 2 is 2.00 bits per heavy atom. The van der Waals surface area contributed by atoms with Crippen LogP contribution in [0.5, 0.6) is 0 Å². The van der Waals surface area contributed by atoms with Gasteiger partial charge in [-0.3, -0.25) is 19.2 Å². The molecular weight excluding hydrogens is 320 g/mol. The molecule has 1 amide bonds. The van der Waals surface area contributed by atoms with E-state index < -0.39 is 0 Å². The zero-order valence-electron chi connectivity index (χ0n) is 14.6. The molecule has 2 fully saturated rings. The van der Waals surface area contributed by atoms with Crippen LogP contribution in [0.1, 0.15) is 37.9 Å². The first-order valence-corrected chi connectivity index (χ1v) is 9.07. The molecule has 8 heteroatoms. The highest BCUT2D eigenvalue weighted by Crippen LogP contribution is 2.22. The summed E-state index contributed by atoms with van der Waals surface area (Å²) >= 11 is 0. The lowest BCUT2D eigenvalue weighted by molar-refractivity contribution is -0.137. The monoisotopic (exact) mass is 344 g/mol. The fourth-order valence-corrected chi connectivity index (χ4v) is 3.95. The topological polar surface area (TPSA) is 87.1 Å². The average Bonchev–Trinajstić information content (AvgIpc) is 3.26. The van der Waals surface area contributed by atoms with E-state index in [4.69, 9.17) is 0 Å². The van der Waals surface area contributed by atoms with E-state index in [-0.39, 0.29) is 17.5 Å². The van der Waals surface area contributed by atoms with Crippen LogP contribution in [-0.4, -0.2) is 61.1 Å². The van der Waals surface area contributed by atoms with Crippen LogP contribution in [0.2, 0.25) is 0 Å². The van der Waals surface area contributed by atoms with Gasteiger partial charge in [-0.25, -0.2) is 4.98 Å². The number of fused-ring (bicyclic) bond motifs is 1. The highest BCUT2D eigenvalue weighted by Gasteiger charge is 2.33. The van der Waals surface area contributed by atoms with Gasteiger partial charge in [0.05, 0.1) is 18.8 Å². The molecule has 2 aliphatic heterocycles. The number of hydrogen-bond acceptors (Lipinski definition) is 5. The number of piperidine rings is 1. The number of carbonyl (C=O) groups excluding carboxylic acids is 1. The minimum Gasteiger partial charge on any atom is -0.341 e. The predicted molar refractivity (Wildman–Crippen MR) is 93.0 cm³/mol. The molecule has 0 radical (unpaired) electrons. The molecule has 2 aromatic rings. The molecule has 1 N–H and O–H groups in total. The van der Waals surface area contributed by atoms with Gasteiger partial charge >= 0.3 is 0 Å². The quantitative estimate of drug-likeness (QED) is 0.883. The van der Waals surface area contributed by atoms with Crippen LogP contribution in [0.3, 0.4) is 0 Å². The van der Waals surface area contributed by atoms with Gasteiger partial charge in [-0.05, 0) is 32.2 Å². The van der Waals surface area contributed by atoms with Gasteiger partial charge in [0.15, 0.2) is 5.65 Å². The van der Waals surface area contributed by atoms with Crippen LogP contribution < -0.4 is 5.56 Å². The first-order chi connectivity index (χ1) is 12.1. The van der Waals surface area contributed by atoms with Crippen LogP contribution in [0.4, 0.5) is 0 Å². The van der Waals surface area contributed by atoms with Gasteiger partial charge in [-0.15, -0.1) is 0 Å². The molecule has 8 nitrogen and oxygen atoms in total. The molecule has 0 unspecified atom stereocenters. The number of hydrogen-bond donors (Lipinski definition) is 1. The number of nitrogens with zero attached hydrogens (tertiary/aromatic N) is 5. The van der Waals surface area contributed by atoms with Crippen molar-refractivity contribution in [2.45, 2.75) is 44.7 Å². The van der Waals surface area contributed by atoms with E-state index in [1.807, 2.05) is 4.90 Å². The lowest BCUT2D eigenvalue weighted by atomic mass is 10.0. The summed E-state index contributed by atoms with van der Waals surface area (Å²) in [5.41, 5.74) is 0.408. The Labute approximate surface area is 145 Å². The molecule has 0 aromatic carbocycles. The third-order valence-electron chi connectivity index (χ3n) is 5.32. The van der Waals surface area contributed by atoms with E-state index in [0.29, 0.717) is 23.4 Å². The normalized spacial score (nSPS) is 22.0. The van der Waals surface area contributed by atoms with Crippen molar-refractivity contribution < 1.29 is 4.79 Å². The van der Waals surface area contributed by atoms with Crippen molar-refractivity contribution in [2.75, 3.05) is 19.6 Å². The lowest BCUT2D eigenvalue weighted by Crippen LogP contribution is -2.50. The molecule has 134 valence electrons. The molecule has 0 spiro atoms. The maximum atomic E-state index is 12.9. The molecule has 0 bridgehead atoms. The summed E-state index contributed by atoms with van der Waals surface area (Å²) in [6, 6.07) is -0.0978. The molecule has 25 heavy (non-hydrogen) atoms. The second-order valence-corrected chi connectivity index (χ2v) is 7.03. The van der Waals surface area contributed by atoms with E-state index in [2.05, 4.69) is 20.0 Å². The number of H-pyrrole nitrogens is 1. The summed E-state index contributed by atoms with van der Waals surface area (Å²) in [5.74, 6) is 0.836. The summed E-state index contributed by atoms with van der Waals surface area (Å²) in [5, 5.41) is 4.59. The van der Waals surface area contributed by atoms with Gasteiger partial charge in [0.25, 0.3) is 5.56 Å². The Bertz CT molecular complexity index is 835. The number of amides is 1. The first kappa shape index (κ1) is 16.3. The lowest BCUT2D eigenvalue weighted by Gasteiger charge is -2.36. The van der Waals surface area contributed by atoms with Crippen LogP contribution in [0.15, 0.2) is 11.0 Å². The van der Waals surface area contributed by atoms with Crippen LogP contribution in [-0.2, 0) is 18.4 Å². The highest BCUT2D eigenvalue weighted by atomic mass is 16.2. The standard InChI is InChI=1S/C17H24N6O2/c1-21-15-12(10-18-21)16(24)20-14(19-15)11-23-9-3-2-6-13(23)17(25)22-7-4-5-8-22/h10,13H,2-9,11H2,1H3,(H,19,20,24)/t13-/m1/s1. The zero-order valence-corrected chi connectivity index (χ0v) is 14.6. The average molecular weight is 344 g/mol. The van der Waals surface area contributed by atoms with Crippen molar-refractivity contribution in [2.24, 2.45) is 7.05 Å². The number of aromatic amines is 1. The number of nitrogens with one attached hydrogen (secondary N) is 1. The molecule has 1 atom stereocenters. The fourth-order valence-electron chi connectivity index (χ4n) is 3.95. The number of likely N-dealkylation sites (tertiary alicyclic amines) is 2. The van der Waals surface area contributed by atoms with Gasteiger partial charge in [0, 0.05) is 20.1 Å². The maximum Gasteiger partial charge on any atom is 0.262 e. The zero-order chi connectivity index (χ0) is 17.4. The van der Waals surface area contributed by atoms with Gasteiger partial charge in [-0.1, -0.05) is 6.42 Å². The third kappa shape index (κ3) is 3.06. The van der Waals surface area contributed by atoms with Crippen molar-refractivity contribution in [3.05, 3.63) is 22.4 Å². The minimum atomic E-state index is -0.174. The Morgan fingerprint density at radius 3 is 2.80 bits per heavy atom. The second-order valence-electron chi connectivity index (χ2n) is 7.03. The van der Waals surface area contributed by atoms with Gasteiger partial charge in [0.2, 0.25) is 5.91 Å². The fraction of sp³-hybridized carbons (Fsp3) is 0.647. The SMILES string of the molecule is Cn1ncc2c(=O)[nH]c(CN3CCCC[C@@H]3C(=O)N3CCCC3)nc21. The Morgan fingerprint density at radius 1 is 1.24 bits per heavy atom. The third-order valence-corrected chi connectivity index (χ3v) is 5.32. The molecular formula is C17H24N6O2. The minimum absolute atomic E-state index is 0.0978. The van der Waals surface area contributed by atoms with E-state index in [1.54, 1.807) is 11.7 Å². The summed E-state index contributed by atoms with van der Waals surface area (Å²) in [7, 11) is 1.78. The second kappa shape index (κ2) is 6.59. The molecule has 4 heterocycles. The molecule has 2 aliphatic rings. The van der Waals surface area contributed by atoms with Crippen molar-refractivity contribution in [3.8, 4) is 0 Å². The Kier molecular flexibility index (Phi) is 4.29. The van der Waals surface area contributed by atoms with Crippen LogP contribution >= 0.6 is 0 Å². The number of carbonyl (C=O) groups is 1. The largest absolute Gasteiger partial charge is 0.341 e. The van der Waals surface area contributed by atoms with E-state index in [0.717, 1.165) is 51.7 Å². The molecule has 0 saturated carbocycles. The summed E-state index contributed by atoms with van der Waals surface area (Å²) in [4.78, 5) is 36.7. The van der Waals surface area contributed by atoms with Gasteiger partial charge in [0.1, 0.15) is 11.2 Å². The molecule has 0 aliphatic carbocycles. The highest BCUT2D eigenvalue weighted by molar-refractivity contribution is 5.82. The van der Waals surface area contributed by atoms with Crippen molar-refractivity contribution >= 4 is 16.9 Å². The molecule has 4 rings (SSSR count). The molecule has 2 aromatic heterocycles. The van der Waals surface area contributed by atoms with E-state index in [1.165, 1.54) is 6.20 Å². The number of rotatable bonds is 3. The van der Waals surface area contributed by atoms with Gasteiger partial charge in [-0.2, -0.15) is 5.10 Å². The van der Waals surface area contributed by atoms with Crippen molar-refractivity contribution in [1.82, 2.24) is 29.5 Å². The first-order valence-electron chi connectivity index (χ1n) is 9.07. The maximum absolute atomic E-state index is 12.9. The smallest absolute Gasteiger partial charge is 0.262 e. The predicted octanol–water partition coefficient (Wildman–Crippen LogP) is 0.633. The van der Waals surface area contributed by atoms with Gasteiger partial charge < -0.3 is 9.88 Å². The summed E-state index contributed by atoms with van der Waals surface area (Å²) in [6.45, 7) is 3.09. The summed E-state index contributed by atoms with van der Waals surface area (Å²) < 4.78 is 1.61. The molecule has 2 saturated heterocycles. The van der Waals surface area contributed by atoms with E-state index >= 15 is 0 Å². The number of aromatic nitrogens is 4. The Balaban J connectivity index is 1.58. The number of aryl methyl sites for hydroxylation is 1. The van der Waals surface area contributed by atoms with E-state index in [9.17, 15) is 9.59 Å². The Hall–Kier alpha value is -2.22. The van der Waals surface area contributed by atoms with Crippen molar-refractivity contribution in [3.63, 3.8) is 0 Å². The van der Waals surface area contributed by atoms with Crippen molar-refractivity contribution in [1.29, 1.82) is 0 Å².